The molecule has 0 fully saturated rings. The van der Waals surface area contributed by atoms with E-state index in [1.807, 2.05) is 0 Å². The van der Waals surface area contributed by atoms with E-state index in [2.05, 4.69) is 0 Å². The number of benzene rings is 1. The predicted octanol–water partition coefficient (Wildman–Crippen LogP) is 0.895. The van der Waals surface area contributed by atoms with E-state index in [0.717, 1.165) is 0 Å². The Labute approximate surface area is 81.3 Å². The Kier molecular flexibility index (Phi) is 3.16. The third-order valence-corrected chi connectivity index (χ3v) is 2.04. The van der Waals surface area contributed by atoms with Gasteiger partial charge in [0.05, 0.1) is 11.0 Å². The average molecular weight is 196 g/mol. The second kappa shape index (κ2) is 4.17. The Balaban J connectivity index is 3.12. The maximum Gasteiger partial charge on any atom is 0.272 e. The van der Waals surface area contributed by atoms with E-state index in [1.54, 1.807) is 19.1 Å². The van der Waals surface area contributed by atoms with E-state index >= 15 is 0 Å². The van der Waals surface area contributed by atoms with Crippen LogP contribution in [-0.2, 0) is 0 Å². The maximum atomic E-state index is 10.6. The van der Waals surface area contributed by atoms with Crippen LogP contribution in [0.2, 0.25) is 0 Å². The highest BCUT2D eigenvalue weighted by Gasteiger charge is 2.14. The van der Waals surface area contributed by atoms with Gasteiger partial charge in [-0.25, -0.2) is 0 Å². The zero-order chi connectivity index (χ0) is 10.7. The van der Waals surface area contributed by atoms with Crippen molar-refractivity contribution in [2.24, 2.45) is 5.73 Å². The molecule has 0 bridgehead atoms. The Morgan fingerprint density at radius 2 is 2.29 bits per heavy atom. The average Bonchev–Trinajstić information content (AvgIpc) is 2.17. The monoisotopic (exact) mass is 196 g/mol. The summed E-state index contributed by atoms with van der Waals surface area (Å²) in [6.07, 6.45) is -0.839. The zero-order valence-corrected chi connectivity index (χ0v) is 7.80. The first kappa shape index (κ1) is 10.6. The number of aliphatic hydroxyl groups is 1. The number of aryl methyl sites for hydroxylation is 1. The second-order valence-electron chi connectivity index (χ2n) is 3.05. The van der Waals surface area contributed by atoms with Gasteiger partial charge >= 0.3 is 0 Å². The molecule has 0 aromatic heterocycles. The molecular formula is C9H12N2O3. The molecule has 1 aromatic rings. The van der Waals surface area contributed by atoms with Crippen LogP contribution in [0.3, 0.4) is 0 Å². The van der Waals surface area contributed by atoms with Crippen LogP contribution in [0, 0.1) is 17.0 Å². The first-order chi connectivity index (χ1) is 6.56. The van der Waals surface area contributed by atoms with E-state index < -0.39 is 11.0 Å². The Morgan fingerprint density at radius 3 is 2.79 bits per heavy atom. The van der Waals surface area contributed by atoms with Gasteiger partial charge in [-0.05, 0) is 12.5 Å². The van der Waals surface area contributed by atoms with Gasteiger partial charge in [0.1, 0.15) is 0 Å². The summed E-state index contributed by atoms with van der Waals surface area (Å²) in [4.78, 5) is 10.1. The van der Waals surface area contributed by atoms with Crippen molar-refractivity contribution in [3.8, 4) is 0 Å². The highest BCUT2D eigenvalue weighted by atomic mass is 16.6. The minimum Gasteiger partial charge on any atom is -0.387 e. The number of nitro groups is 1. The lowest BCUT2D eigenvalue weighted by atomic mass is 10.1. The highest BCUT2D eigenvalue weighted by molar-refractivity contribution is 5.43. The summed E-state index contributed by atoms with van der Waals surface area (Å²) in [6, 6.07) is 4.60. The highest BCUT2D eigenvalue weighted by Crippen LogP contribution is 2.22. The van der Waals surface area contributed by atoms with Crippen molar-refractivity contribution in [3.05, 3.63) is 39.4 Å². The van der Waals surface area contributed by atoms with E-state index in [9.17, 15) is 15.2 Å². The molecule has 0 aliphatic heterocycles. The van der Waals surface area contributed by atoms with Crippen LogP contribution in [0.5, 0.6) is 0 Å². The van der Waals surface area contributed by atoms with Crippen molar-refractivity contribution in [2.75, 3.05) is 6.54 Å². The summed E-state index contributed by atoms with van der Waals surface area (Å²) >= 11 is 0. The molecule has 0 amide bonds. The van der Waals surface area contributed by atoms with Gasteiger partial charge in [-0.1, -0.05) is 12.1 Å². The van der Waals surface area contributed by atoms with Crippen molar-refractivity contribution < 1.29 is 10.0 Å². The van der Waals surface area contributed by atoms with E-state index in [-0.39, 0.29) is 12.2 Å². The van der Waals surface area contributed by atoms with E-state index in [1.165, 1.54) is 6.07 Å². The molecule has 0 aliphatic carbocycles. The molecule has 0 saturated carbocycles. The smallest absolute Gasteiger partial charge is 0.272 e. The number of nitro benzene ring substituents is 1. The Hall–Kier alpha value is -1.46. The Morgan fingerprint density at radius 1 is 1.64 bits per heavy atom. The van der Waals surface area contributed by atoms with E-state index in [4.69, 9.17) is 5.73 Å². The van der Waals surface area contributed by atoms with Crippen LogP contribution in [0.1, 0.15) is 17.2 Å². The third kappa shape index (κ3) is 2.07. The van der Waals surface area contributed by atoms with Crippen molar-refractivity contribution in [1.29, 1.82) is 0 Å². The van der Waals surface area contributed by atoms with Gasteiger partial charge in [0.25, 0.3) is 5.69 Å². The molecule has 1 atom stereocenters. The molecule has 0 heterocycles. The standard InChI is InChI=1S/C9H12N2O3/c1-6-2-3-7(9(12)5-10)4-8(6)11(13)14/h2-4,9,12H,5,10H2,1H3/t9-/m0/s1. The molecule has 5 heteroatoms. The number of nitrogens with zero attached hydrogens (tertiary/aromatic N) is 1. The molecule has 5 nitrogen and oxygen atoms in total. The van der Waals surface area contributed by atoms with Gasteiger partial charge in [0.15, 0.2) is 0 Å². The van der Waals surface area contributed by atoms with Gasteiger partial charge in [0, 0.05) is 18.2 Å². The van der Waals surface area contributed by atoms with Crippen molar-refractivity contribution >= 4 is 5.69 Å². The molecule has 0 saturated heterocycles. The summed E-state index contributed by atoms with van der Waals surface area (Å²) in [7, 11) is 0. The van der Waals surface area contributed by atoms with Crippen LogP contribution in [0.25, 0.3) is 0 Å². The first-order valence-electron chi connectivity index (χ1n) is 4.19. The lowest BCUT2D eigenvalue weighted by molar-refractivity contribution is -0.385. The van der Waals surface area contributed by atoms with Crippen LogP contribution in [0.4, 0.5) is 5.69 Å². The van der Waals surface area contributed by atoms with Crippen LogP contribution in [0.15, 0.2) is 18.2 Å². The lowest BCUT2D eigenvalue weighted by Crippen LogP contribution is -2.11. The molecule has 0 spiro atoms. The molecule has 0 radical (unpaired) electrons. The maximum absolute atomic E-state index is 10.6. The Bertz CT molecular complexity index is 352. The SMILES string of the molecule is Cc1ccc([C@@H](O)CN)cc1[N+](=O)[O-]. The zero-order valence-electron chi connectivity index (χ0n) is 7.80. The summed E-state index contributed by atoms with van der Waals surface area (Å²) in [5.41, 5.74) is 6.31. The van der Waals surface area contributed by atoms with Gasteiger partial charge in [0.2, 0.25) is 0 Å². The number of nitrogens with two attached hydrogens (primary N) is 1. The van der Waals surface area contributed by atoms with Crippen LogP contribution < -0.4 is 5.73 Å². The fraction of sp³-hybridized carbons (Fsp3) is 0.333. The number of hydrogen-bond donors (Lipinski definition) is 2. The molecule has 76 valence electrons. The minimum atomic E-state index is -0.839. The van der Waals surface area contributed by atoms with Crippen molar-refractivity contribution in [1.82, 2.24) is 0 Å². The fourth-order valence-electron chi connectivity index (χ4n) is 1.17. The number of aliphatic hydroxyl groups excluding tert-OH is 1. The van der Waals surface area contributed by atoms with Crippen LogP contribution >= 0.6 is 0 Å². The minimum absolute atomic E-state index is 0.00926. The third-order valence-electron chi connectivity index (χ3n) is 2.04. The largest absolute Gasteiger partial charge is 0.387 e. The summed E-state index contributed by atoms with van der Waals surface area (Å²) in [5, 5.41) is 20.0. The number of hydrogen-bond acceptors (Lipinski definition) is 4. The normalized spacial score (nSPS) is 12.5. The van der Waals surface area contributed by atoms with E-state index in [0.29, 0.717) is 11.1 Å². The molecule has 1 aromatic carbocycles. The molecule has 3 N–H and O–H groups in total. The lowest BCUT2D eigenvalue weighted by Gasteiger charge is -2.08. The van der Waals surface area contributed by atoms with Gasteiger partial charge in [-0.15, -0.1) is 0 Å². The predicted molar refractivity (Wildman–Crippen MR) is 51.8 cm³/mol. The van der Waals surface area contributed by atoms with Gasteiger partial charge in [-0.2, -0.15) is 0 Å². The second-order valence-corrected chi connectivity index (χ2v) is 3.05. The molecule has 0 unspecified atom stereocenters. The van der Waals surface area contributed by atoms with Crippen molar-refractivity contribution in [2.45, 2.75) is 13.0 Å². The fourth-order valence-corrected chi connectivity index (χ4v) is 1.17. The first-order valence-corrected chi connectivity index (χ1v) is 4.19. The van der Waals surface area contributed by atoms with Gasteiger partial charge < -0.3 is 10.8 Å². The quantitative estimate of drug-likeness (QED) is 0.555. The summed E-state index contributed by atoms with van der Waals surface area (Å²) in [5.74, 6) is 0. The summed E-state index contributed by atoms with van der Waals surface area (Å²) in [6.45, 7) is 1.71. The number of rotatable bonds is 3. The van der Waals surface area contributed by atoms with Crippen molar-refractivity contribution in [3.63, 3.8) is 0 Å². The van der Waals surface area contributed by atoms with Crippen LogP contribution in [-0.4, -0.2) is 16.6 Å². The molecular weight excluding hydrogens is 184 g/mol. The molecule has 1 rings (SSSR count). The van der Waals surface area contributed by atoms with Gasteiger partial charge in [-0.3, -0.25) is 10.1 Å². The molecule has 0 aliphatic rings. The summed E-state index contributed by atoms with van der Waals surface area (Å²) < 4.78 is 0. The molecule has 14 heavy (non-hydrogen) atoms. The topological polar surface area (TPSA) is 89.4 Å².